The maximum atomic E-state index is 11.5. The van der Waals surface area contributed by atoms with Gasteiger partial charge in [-0.3, -0.25) is 4.79 Å². The van der Waals surface area contributed by atoms with Crippen LogP contribution in [0.4, 0.5) is 0 Å². The van der Waals surface area contributed by atoms with Crippen LogP contribution in [-0.4, -0.2) is 47.1 Å². The molecule has 7 heteroatoms. The number of ketones is 1. The van der Waals surface area contributed by atoms with Gasteiger partial charge in [-0.05, 0) is 50.1 Å². The largest absolute Gasteiger partial charge is 0.494 e. The molecule has 0 amide bonds. The molecule has 1 aliphatic rings. The molecule has 2 rings (SSSR count). The predicted molar refractivity (Wildman–Crippen MR) is 96.7 cm³/mol. The van der Waals surface area contributed by atoms with E-state index in [4.69, 9.17) is 24.5 Å². The molecule has 1 aromatic carbocycles. The molecule has 0 aliphatic heterocycles. The third kappa shape index (κ3) is 8.62. The van der Waals surface area contributed by atoms with Gasteiger partial charge in [-0.25, -0.2) is 9.59 Å². The molecule has 1 aromatic rings. The van der Waals surface area contributed by atoms with Gasteiger partial charge in [0, 0.05) is 18.0 Å². The fourth-order valence-electron chi connectivity index (χ4n) is 2.64. The van der Waals surface area contributed by atoms with E-state index in [1.807, 2.05) is 31.2 Å². The first-order valence-corrected chi connectivity index (χ1v) is 8.89. The third-order valence-corrected chi connectivity index (χ3v) is 4.06. The van der Waals surface area contributed by atoms with Crippen molar-refractivity contribution in [1.29, 1.82) is 0 Å². The zero-order valence-corrected chi connectivity index (χ0v) is 15.1. The van der Waals surface area contributed by atoms with Crippen LogP contribution in [0.3, 0.4) is 0 Å². The summed E-state index contributed by atoms with van der Waals surface area (Å²) < 4.78 is 5.69. The Labute approximate surface area is 153 Å². The van der Waals surface area contributed by atoms with Gasteiger partial charge < -0.3 is 20.3 Å². The fourth-order valence-corrected chi connectivity index (χ4v) is 2.64. The van der Waals surface area contributed by atoms with Gasteiger partial charge in [-0.15, -0.1) is 0 Å². The topological polar surface area (TPSA) is 113 Å². The molecule has 0 unspecified atom stereocenters. The lowest BCUT2D eigenvalue weighted by molar-refractivity contribution is -0.159. The molecule has 144 valence electrons. The number of Topliss-reactive ketones (excluding diaryl/α,β-unsaturated/α-hetero) is 1. The van der Waals surface area contributed by atoms with Crippen molar-refractivity contribution in [2.24, 2.45) is 0 Å². The minimum absolute atomic E-state index is 0.178. The number of ether oxygens (including phenoxy) is 1. The van der Waals surface area contributed by atoms with E-state index in [9.17, 15) is 4.79 Å². The number of rotatable bonds is 8. The lowest BCUT2D eigenvalue weighted by Gasteiger charge is -2.12. The second-order valence-electron chi connectivity index (χ2n) is 6.05. The summed E-state index contributed by atoms with van der Waals surface area (Å²) in [5.41, 5.74) is 0.766. The molecule has 3 N–H and O–H groups in total. The number of carbonyl (C=O) groups excluding carboxylic acids is 1. The predicted octanol–water partition coefficient (Wildman–Crippen LogP) is 2.74. The van der Waals surface area contributed by atoms with E-state index in [-0.39, 0.29) is 5.78 Å². The van der Waals surface area contributed by atoms with E-state index in [0.29, 0.717) is 6.42 Å². The molecule has 0 bridgehead atoms. The molecule has 0 heterocycles. The zero-order valence-electron chi connectivity index (χ0n) is 15.1. The maximum absolute atomic E-state index is 11.5. The Morgan fingerprint density at radius 3 is 2.15 bits per heavy atom. The molecular formula is C19H27NO6. The average Bonchev–Trinajstić information content (AvgIpc) is 3.15. The van der Waals surface area contributed by atoms with Crippen LogP contribution in [0.5, 0.6) is 5.75 Å². The second kappa shape index (κ2) is 12.0. The summed E-state index contributed by atoms with van der Waals surface area (Å²) in [6, 6.07) is 8.19. The smallest absolute Gasteiger partial charge is 0.414 e. The van der Waals surface area contributed by atoms with E-state index in [2.05, 4.69) is 5.32 Å². The minimum Gasteiger partial charge on any atom is -0.494 e. The highest BCUT2D eigenvalue weighted by molar-refractivity contribution is 6.27. The Morgan fingerprint density at radius 1 is 1.08 bits per heavy atom. The molecular weight excluding hydrogens is 338 g/mol. The van der Waals surface area contributed by atoms with Gasteiger partial charge in [0.15, 0.2) is 5.78 Å². The number of carboxylic acid groups (broad SMARTS) is 2. The van der Waals surface area contributed by atoms with E-state index in [1.165, 1.54) is 25.7 Å². The highest BCUT2D eigenvalue weighted by atomic mass is 16.5. The number of aliphatic carboxylic acids is 2. The van der Waals surface area contributed by atoms with Crippen molar-refractivity contribution in [3.05, 3.63) is 29.8 Å². The van der Waals surface area contributed by atoms with Gasteiger partial charge in [0.1, 0.15) is 5.75 Å². The molecule has 0 spiro atoms. The summed E-state index contributed by atoms with van der Waals surface area (Å²) in [6.07, 6.45) is 6.97. The van der Waals surface area contributed by atoms with Gasteiger partial charge in [-0.2, -0.15) is 0 Å². The summed E-state index contributed by atoms with van der Waals surface area (Å²) in [4.78, 5) is 29.7. The van der Waals surface area contributed by atoms with Crippen LogP contribution < -0.4 is 10.1 Å². The van der Waals surface area contributed by atoms with Crippen LogP contribution in [0.25, 0.3) is 0 Å². The number of nitrogens with one attached hydrogen (secondary N) is 1. The van der Waals surface area contributed by atoms with Crippen LogP contribution in [0.1, 0.15) is 55.8 Å². The van der Waals surface area contributed by atoms with Crippen molar-refractivity contribution in [3.8, 4) is 5.75 Å². The monoisotopic (exact) mass is 365 g/mol. The standard InChI is InChI=1S/C17H25NO2.C2H2O4/c1-2-17(19)14-8-10-16(11-9-14)20-13-5-12-18-15-6-3-4-7-15;3-1(4)2(5)6/h8-11,15,18H,2-7,12-13H2,1H3;(H,3,4)(H,5,6). The molecule has 7 nitrogen and oxygen atoms in total. The number of hydrogen-bond acceptors (Lipinski definition) is 5. The quantitative estimate of drug-likeness (QED) is 0.369. The summed E-state index contributed by atoms with van der Waals surface area (Å²) in [7, 11) is 0. The molecule has 26 heavy (non-hydrogen) atoms. The van der Waals surface area contributed by atoms with Gasteiger partial charge in [0.05, 0.1) is 6.61 Å². The Kier molecular flexibility index (Phi) is 10.0. The second-order valence-corrected chi connectivity index (χ2v) is 6.05. The molecule has 1 saturated carbocycles. The van der Waals surface area contributed by atoms with Crippen molar-refractivity contribution >= 4 is 17.7 Å². The molecule has 1 fully saturated rings. The molecule has 0 saturated heterocycles. The first-order chi connectivity index (χ1) is 12.4. The van der Waals surface area contributed by atoms with Crippen molar-refractivity contribution < 1.29 is 29.3 Å². The Hall–Kier alpha value is -2.41. The SMILES string of the molecule is CCC(=O)c1ccc(OCCCNC2CCCC2)cc1.O=C(O)C(=O)O. The van der Waals surface area contributed by atoms with Crippen molar-refractivity contribution in [3.63, 3.8) is 0 Å². The minimum atomic E-state index is -1.82. The first kappa shape index (κ1) is 21.6. The number of carboxylic acids is 2. The summed E-state index contributed by atoms with van der Waals surface area (Å²) in [5.74, 6) is -2.62. The number of benzene rings is 1. The highest BCUT2D eigenvalue weighted by Gasteiger charge is 2.13. The molecule has 0 radical (unpaired) electrons. The Balaban J connectivity index is 0.000000487. The number of hydrogen-bond donors (Lipinski definition) is 3. The lowest BCUT2D eigenvalue weighted by Crippen LogP contribution is -2.27. The Bertz CT molecular complexity index is 566. The van der Waals surface area contributed by atoms with Gasteiger partial charge >= 0.3 is 11.9 Å². The summed E-state index contributed by atoms with van der Waals surface area (Å²) >= 11 is 0. The van der Waals surface area contributed by atoms with Crippen LogP contribution in [0, 0.1) is 0 Å². The van der Waals surface area contributed by atoms with Crippen LogP contribution in [0.15, 0.2) is 24.3 Å². The van der Waals surface area contributed by atoms with Crippen LogP contribution in [0.2, 0.25) is 0 Å². The molecule has 0 aromatic heterocycles. The summed E-state index contributed by atoms with van der Waals surface area (Å²) in [6.45, 7) is 3.63. The van der Waals surface area contributed by atoms with Crippen molar-refractivity contribution in [1.82, 2.24) is 5.32 Å². The lowest BCUT2D eigenvalue weighted by atomic mass is 10.1. The third-order valence-electron chi connectivity index (χ3n) is 4.06. The molecule has 1 aliphatic carbocycles. The van der Waals surface area contributed by atoms with E-state index >= 15 is 0 Å². The number of carbonyl (C=O) groups is 3. The van der Waals surface area contributed by atoms with Crippen molar-refractivity contribution in [2.75, 3.05) is 13.2 Å². The van der Waals surface area contributed by atoms with Gasteiger partial charge in [0.25, 0.3) is 0 Å². The molecule has 0 atom stereocenters. The maximum Gasteiger partial charge on any atom is 0.414 e. The van der Waals surface area contributed by atoms with E-state index in [0.717, 1.165) is 36.9 Å². The first-order valence-electron chi connectivity index (χ1n) is 8.89. The highest BCUT2D eigenvalue weighted by Crippen LogP contribution is 2.17. The van der Waals surface area contributed by atoms with Crippen LogP contribution >= 0.6 is 0 Å². The summed E-state index contributed by atoms with van der Waals surface area (Å²) in [5, 5.41) is 18.4. The van der Waals surface area contributed by atoms with Gasteiger partial charge in [0.2, 0.25) is 0 Å². The zero-order chi connectivity index (χ0) is 19.4. The van der Waals surface area contributed by atoms with Crippen molar-refractivity contribution in [2.45, 2.75) is 51.5 Å². The van der Waals surface area contributed by atoms with E-state index in [1.54, 1.807) is 0 Å². The Morgan fingerprint density at radius 2 is 1.65 bits per heavy atom. The normalized spacial score (nSPS) is 13.6. The average molecular weight is 365 g/mol. The van der Waals surface area contributed by atoms with Gasteiger partial charge in [-0.1, -0.05) is 19.8 Å². The van der Waals surface area contributed by atoms with Crippen LogP contribution in [-0.2, 0) is 9.59 Å². The fraction of sp³-hybridized carbons (Fsp3) is 0.526. The van der Waals surface area contributed by atoms with E-state index < -0.39 is 11.9 Å².